The lowest BCUT2D eigenvalue weighted by Gasteiger charge is -2.19. The van der Waals surface area contributed by atoms with Crippen molar-refractivity contribution in [2.24, 2.45) is 0 Å². The summed E-state index contributed by atoms with van der Waals surface area (Å²) < 4.78 is 5.38. The Morgan fingerprint density at radius 1 is 1.04 bits per heavy atom. The zero-order valence-electron chi connectivity index (χ0n) is 14.9. The number of aromatic amines is 1. The van der Waals surface area contributed by atoms with Crippen LogP contribution in [0.2, 0.25) is 0 Å². The molecule has 0 saturated carbocycles. The molecule has 3 rings (SSSR count). The molecule has 1 heterocycles. The van der Waals surface area contributed by atoms with Gasteiger partial charge in [-0.2, -0.15) is 0 Å². The zero-order chi connectivity index (χ0) is 17.9. The Labute approximate surface area is 148 Å². The van der Waals surface area contributed by atoms with E-state index in [9.17, 15) is 4.79 Å². The highest BCUT2D eigenvalue weighted by Gasteiger charge is 2.17. The van der Waals surface area contributed by atoms with Crippen molar-refractivity contribution < 1.29 is 9.53 Å². The summed E-state index contributed by atoms with van der Waals surface area (Å²) in [5, 5.41) is 4.70. The van der Waals surface area contributed by atoms with E-state index in [0.717, 1.165) is 24.2 Å². The van der Waals surface area contributed by atoms with Crippen LogP contribution >= 0.6 is 0 Å². The van der Waals surface area contributed by atoms with Crippen LogP contribution in [0.1, 0.15) is 42.3 Å². The van der Waals surface area contributed by atoms with Crippen LogP contribution in [-0.4, -0.2) is 16.6 Å². The van der Waals surface area contributed by atoms with E-state index in [1.165, 1.54) is 10.9 Å². The van der Waals surface area contributed by atoms with Gasteiger partial charge in [0.05, 0.1) is 5.56 Å². The summed E-state index contributed by atoms with van der Waals surface area (Å²) >= 11 is 0. The van der Waals surface area contributed by atoms with E-state index in [1.54, 1.807) is 0 Å². The van der Waals surface area contributed by atoms with Crippen molar-refractivity contribution in [3.63, 3.8) is 0 Å². The first-order valence-electron chi connectivity index (χ1n) is 8.50. The highest BCUT2D eigenvalue weighted by Crippen LogP contribution is 2.17. The minimum absolute atomic E-state index is 0.286. The largest absolute Gasteiger partial charge is 0.456 e. The van der Waals surface area contributed by atoms with Crippen LogP contribution in [0.3, 0.4) is 0 Å². The summed E-state index contributed by atoms with van der Waals surface area (Å²) in [7, 11) is 0. The van der Waals surface area contributed by atoms with E-state index in [0.29, 0.717) is 5.56 Å². The predicted octanol–water partition coefficient (Wildman–Crippen LogP) is 4.41. The van der Waals surface area contributed by atoms with Gasteiger partial charge in [0.1, 0.15) is 5.60 Å². The van der Waals surface area contributed by atoms with Crippen LogP contribution in [0.15, 0.2) is 54.7 Å². The maximum Gasteiger partial charge on any atom is 0.338 e. The van der Waals surface area contributed by atoms with E-state index in [1.807, 2.05) is 51.2 Å². The monoisotopic (exact) mass is 336 g/mol. The summed E-state index contributed by atoms with van der Waals surface area (Å²) in [4.78, 5) is 15.3. The lowest BCUT2D eigenvalue weighted by molar-refractivity contribution is 0.00695. The molecule has 0 unspecified atom stereocenters. The average Bonchev–Trinajstić information content (AvgIpc) is 3.03. The van der Waals surface area contributed by atoms with Gasteiger partial charge in [0.15, 0.2) is 0 Å². The topological polar surface area (TPSA) is 54.1 Å². The van der Waals surface area contributed by atoms with Gasteiger partial charge in [-0.1, -0.05) is 24.3 Å². The molecule has 0 radical (unpaired) electrons. The molecule has 2 aromatic carbocycles. The van der Waals surface area contributed by atoms with Crippen molar-refractivity contribution in [3.05, 3.63) is 71.4 Å². The van der Waals surface area contributed by atoms with Crippen molar-refractivity contribution in [2.45, 2.75) is 39.5 Å². The van der Waals surface area contributed by atoms with Gasteiger partial charge >= 0.3 is 5.97 Å². The van der Waals surface area contributed by atoms with Gasteiger partial charge in [-0.05, 0) is 56.2 Å². The highest BCUT2D eigenvalue weighted by molar-refractivity contribution is 5.89. The van der Waals surface area contributed by atoms with Crippen molar-refractivity contribution in [1.29, 1.82) is 0 Å². The van der Waals surface area contributed by atoms with E-state index >= 15 is 0 Å². The second-order valence-electron chi connectivity index (χ2n) is 7.16. The number of carbonyl (C=O) groups is 1. The minimum Gasteiger partial charge on any atom is -0.456 e. The number of nitrogens with one attached hydrogen (secondary N) is 2. The molecule has 0 aliphatic heterocycles. The number of aromatic nitrogens is 1. The minimum atomic E-state index is -0.476. The molecular formula is C21H24N2O2. The molecule has 4 nitrogen and oxygen atoms in total. The van der Waals surface area contributed by atoms with Gasteiger partial charge < -0.3 is 15.0 Å². The van der Waals surface area contributed by atoms with Crippen LogP contribution in [0.5, 0.6) is 0 Å². The third kappa shape index (κ3) is 4.48. The van der Waals surface area contributed by atoms with Gasteiger partial charge in [-0.15, -0.1) is 0 Å². The molecule has 25 heavy (non-hydrogen) atoms. The van der Waals surface area contributed by atoms with Gasteiger partial charge in [0.25, 0.3) is 0 Å². The molecule has 0 bridgehead atoms. The average molecular weight is 336 g/mol. The van der Waals surface area contributed by atoms with E-state index in [2.05, 4.69) is 34.6 Å². The fraction of sp³-hybridized carbons (Fsp3) is 0.286. The van der Waals surface area contributed by atoms with Gasteiger partial charge in [-0.25, -0.2) is 4.79 Å². The Hall–Kier alpha value is -2.59. The number of benzene rings is 2. The van der Waals surface area contributed by atoms with E-state index in [4.69, 9.17) is 4.74 Å². The van der Waals surface area contributed by atoms with Gasteiger partial charge in [-0.3, -0.25) is 0 Å². The van der Waals surface area contributed by atoms with Gasteiger partial charge in [0.2, 0.25) is 0 Å². The number of hydrogen-bond acceptors (Lipinski definition) is 3. The molecular weight excluding hydrogens is 312 g/mol. The second-order valence-corrected chi connectivity index (χ2v) is 7.16. The molecule has 0 spiro atoms. The van der Waals surface area contributed by atoms with Crippen molar-refractivity contribution in [1.82, 2.24) is 10.3 Å². The molecule has 1 aromatic heterocycles. The molecule has 130 valence electrons. The molecule has 3 aromatic rings. The Balaban J connectivity index is 1.57. The number of H-pyrrole nitrogens is 1. The number of hydrogen-bond donors (Lipinski definition) is 2. The fourth-order valence-corrected chi connectivity index (χ4v) is 2.74. The summed E-state index contributed by atoms with van der Waals surface area (Å²) in [6, 6.07) is 15.9. The second kappa shape index (κ2) is 7.11. The molecule has 4 heteroatoms. The molecule has 0 aliphatic rings. The quantitative estimate of drug-likeness (QED) is 0.679. The predicted molar refractivity (Wildman–Crippen MR) is 100 cm³/mol. The molecule has 2 N–H and O–H groups in total. The maximum absolute atomic E-state index is 12.0. The highest BCUT2D eigenvalue weighted by atomic mass is 16.6. The molecule has 0 aliphatic carbocycles. The zero-order valence-corrected chi connectivity index (χ0v) is 14.9. The molecule has 0 atom stereocenters. The smallest absolute Gasteiger partial charge is 0.338 e. The third-order valence-electron chi connectivity index (χ3n) is 3.92. The summed E-state index contributed by atoms with van der Waals surface area (Å²) in [5.41, 5.74) is 3.66. The first-order chi connectivity index (χ1) is 11.9. The van der Waals surface area contributed by atoms with Crippen LogP contribution in [0, 0.1) is 0 Å². The molecule has 0 fully saturated rings. The van der Waals surface area contributed by atoms with Crippen molar-refractivity contribution in [2.75, 3.05) is 0 Å². The maximum atomic E-state index is 12.0. The lowest BCUT2D eigenvalue weighted by Crippen LogP contribution is -2.23. The standard InChI is InChI=1S/C21H24N2O2/c1-21(2,3)25-20(24)16-9-7-15(8-10-16)13-22-14-17-5-4-6-19-18(17)11-12-23-19/h4-12,22-23H,13-14H2,1-3H3. The third-order valence-corrected chi connectivity index (χ3v) is 3.92. The Bertz CT molecular complexity index is 857. The number of rotatable bonds is 5. The Kier molecular flexibility index (Phi) is 4.91. The lowest BCUT2D eigenvalue weighted by atomic mass is 10.1. The Morgan fingerprint density at radius 2 is 1.80 bits per heavy atom. The summed E-state index contributed by atoms with van der Waals surface area (Å²) in [6.07, 6.45) is 1.96. The SMILES string of the molecule is CC(C)(C)OC(=O)c1ccc(CNCc2cccc3[nH]ccc23)cc1. The Morgan fingerprint density at radius 3 is 2.52 bits per heavy atom. The fourth-order valence-electron chi connectivity index (χ4n) is 2.74. The van der Waals surface area contributed by atoms with Gasteiger partial charge in [0, 0.05) is 30.2 Å². The number of fused-ring (bicyclic) bond motifs is 1. The van der Waals surface area contributed by atoms with E-state index in [-0.39, 0.29) is 5.97 Å². The van der Waals surface area contributed by atoms with Crippen LogP contribution in [-0.2, 0) is 17.8 Å². The summed E-state index contributed by atoms with van der Waals surface area (Å²) in [6.45, 7) is 7.15. The van der Waals surface area contributed by atoms with Crippen LogP contribution < -0.4 is 5.32 Å². The number of carbonyl (C=O) groups excluding carboxylic acids is 1. The first kappa shape index (κ1) is 17.2. The van der Waals surface area contributed by atoms with Crippen molar-refractivity contribution in [3.8, 4) is 0 Å². The molecule has 0 amide bonds. The van der Waals surface area contributed by atoms with E-state index < -0.39 is 5.60 Å². The van der Waals surface area contributed by atoms with Crippen LogP contribution in [0.25, 0.3) is 10.9 Å². The summed E-state index contributed by atoms with van der Waals surface area (Å²) in [5.74, 6) is -0.286. The normalized spacial score (nSPS) is 11.6. The first-order valence-corrected chi connectivity index (χ1v) is 8.50. The van der Waals surface area contributed by atoms with Crippen LogP contribution in [0.4, 0.5) is 0 Å². The number of esters is 1. The molecule has 0 saturated heterocycles. The number of ether oxygens (including phenoxy) is 1. The van der Waals surface area contributed by atoms with Crippen molar-refractivity contribution >= 4 is 16.9 Å².